The van der Waals surface area contributed by atoms with E-state index < -0.39 is 5.60 Å². The van der Waals surface area contributed by atoms with Crippen LogP contribution in [0.1, 0.15) is 12.8 Å². The molecule has 3 aliphatic heterocycles. The molecule has 2 bridgehead atoms. The van der Waals surface area contributed by atoms with E-state index in [9.17, 15) is 5.11 Å². The molecule has 2 aromatic carbocycles. The number of hydrogen-bond acceptors (Lipinski definition) is 3. The van der Waals surface area contributed by atoms with Crippen molar-refractivity contribution in [2.45, 2.75) is 23.3 Å². The van der Waals surface area contributed by atoms with Crippen LogP contribution in [0, 0.1) is 5.92 Å². The standard InChI is InChI=1S/C20H23NOS.ClH/c22-20(14-21-12-10-18(20)11-13-21)15-23-19-8-6-17(7-9-19)16-4-2-1-3-5-16;/h1-9,18,22H,10-15H2;1H. The molecule has 0 aliphatic carbocycles. The number of hydrogen-bond donors (Lipinski definition) is 1. The second kappa shape index (κ2) is 7.49. The van der Waals surface area contributed by atoms with Crippen molar-refractivity contribution in [2.75, 3.05) is 25.4 Å². The van der Waals surface area contributed by atoms with Crippen molar-refractivity contribution in [3.05, 3.63) is 54.6 Å². The van der Waals surface area contributed by atoms with Gasteiger partial charge in [0.1, 0.15) is 0 Å². The maximum Gasteiger partial charge on any atom is 0.0896 e. The van der Waals surface area contributed by atoms with E-state index in [2.05, 4.69) is 53.4 Å². The second-order valence-corrected chi connectivity index (χ2v) is 7.88. The van der Waals surface area contributed by atoms with Crippen LogP contribution in [0.3, 0.4) is 0 Å². The molecule has 3 heterocycles. The highest BCUT2D eigenvalue weighted by Gasteiger charge is 2.45. The maximum atomic E-state index is 11.0. The van der Waals surface area contributed by atoms with Crippen molar-refractivity contribution in [3.63, 3.8) is 0 Å². The van der Waals surface area contributed by atoms with Crippen LogP contribution in [-0.4, -0.2) is 41.0 Å². The van der Waals surface area contributed by atoms with Crippen molar-refractivity contribution in [2.24, 2.45) is 5.92 Å². The Kier molecular flexibility index (Phi) is 5.56. The third-order valence-electron chi connectivity index (χ3n) is 5.30. The van der Waals surface area contributed by atoms with Gasteiger partial charge in [-0.05, 0) is 55.1 Å². The zero-order chi connectivity index (χ0) is 15.7. The average molecular weight is 362 g/mol. The van der Waals surface area contributed by atoms with Gasteiger partial charge < -0.3 is 10.0 Å². The molecule has 0 amide bonds. The predicted octanol–water partition coefficient (Wildman–Crippen LogP) is 4.32. The molecule has 1 atom stereocenters. The van der Waals surface area contributed by atoms with E-state index in [1.54, 1.807) is 11.8 Å². The molecule has 1 unspecified atom stereocenters. The molecule has 0 aromatic heterocycles. The smallest absolute Gasteiger partial charge is 0.0896 e. The summed E-state index contributed by atoms with van der Waals surface area (Å²) < 4.78 is 0. The second-order valence-electron chi connectivity index (χ2n) is 6.83. The topological polar surface area (TPSA) is 23.5 Å². The van der Waals surface area contributed by atoms with E-state index in [0.29, 0.717) is 5.92 Å². The Morgan fingerprint density at radius 3 is 2.17 bits per heavy atom. The minimum absolute atomic E-state index is 0. The average Bonchev–Trinajstić information content (AvgIpc) is 2.62. The lowest BCUT2D eigenvalue weighted by Crippen LogP contribution is -2.60. The summed E-state index contributed by atoms with van der Waals surface area (Å²) in [5.41, 5.74) is 2.00. The van der Waals surface area contributed by atoms with Gasteiger partial charge in [-0.25, -0.2) is 0 Å². The van der Waals surface area contributed by atoms with Gasteiger partial charge in [0.2, 0.25) is 0 Å². The first-order valence-corrected chi connectivity index (χ1v) is 9.45. The highest BCUT2D eigenvalue weighted by molar-refractivity contribution is 7.99. The van der Waals surface area contributed by atoms with Crippen LogP contribution in [0.15, 0.2) is 59.5 Å². The quantitative estimate of drug-likeness (QED) is 0.820. The summed E-state index contributed by atoms with van der Waals surface area (Å²) in [5, 5.41) is 11.0. The molecule has 128 valence electrons. The summed E-state index contributed by atoms with van der Waals surface area (Å²) in [7, 11) is 0. The Balaban J connectivity index is 0.00000169. The highest BCUT2D eigenvalue weighted by Crippen LogP contribution is 2.39. The Morgan fingerprint density at radius 1 is 0.958 bits per heavy atom. The maximum absolute atomic E-state index is 11.0. The Morgan fingerprint density at radius 2 is 1.58 bits per heavy atom. The summed E-state index contributed by atoms with van der Waals surface area (Å²) in [4.78, 5) is 3.66. The van der Waals surface area contributed by atoms with Crippen LogP contribution in [0.5, 0.6) is 0 Å². The first-order valence-electron chi connectivity index (χ1n) is 8.46. The molecule has 2 aromatic rings. The first kappa shape index (κ1) is 17.8. The van der Waals surface area contributed by atoms with E-state index in [0.717, 1.165) is 25.1 Å². The lowest BCUT2D eigenvalue weighted by molar-refractivity contribution is -0.0949. The third-order valence-corrected chi connectivity index (χ3v) is 6.54. The van der Waals surface area contributed by atoms with Gasteiger partial charge in [-0.2, -0.15) is 0 Å². The van der Waals surface area contributed by atoms with Crippen LogP contribution in [0.4, 0.5) is 0 Å². The zero-order valence-electron chi connectivity index (χ0n) is 13.7. The fourth-order valence-corrected chi connectivity index (χ4v) is 4.96. The van der Waals surface area contributed by atoms with Crippen LogP contribution in [-0.2, 0) is 0 Å². The first-order chi connectivity index (χ1) is 11.2. The summed E-state index contributed by atoms with van der Waals surface area (Å²) in [6, 6.07) is 19.2. The number of benzene rings is 2. The number of thioether (sulfide) groups is 1. The fourth-order valence-electron chi connectivity index (χ4n) is 3.89. The highest BCUT2D eigenvalue weighted by atomic mass is 35.5. The van der Waals surface area contributed by atoms with E-state index in [1.807, 2.05) is 6.07 Å². The molecule has 2 nitrogen and oxygen atoms in total. The number of rotatable bonds is 4. The Labute approximate surface area is 154 Å². The van der Waals surface area contributed by atoms with Crippen molar-refractivity contribution >= 4 is 24.2 Å². The lowest BCUT2D eigenvalue weighted by atomic mass is 9.76. The Hall–Kier alpha value is -1.00. The molecule has 0 spiro atoms. The van der Waals surface area contributed by atoms with Crippen LogP contribution in [0.2, 0.25) is 0 Å². The van der Waals surface area contributed by atoms with Gasteiger partial charge in [-0.15, -0.1) is 24.2 Å². The molecule has 0 radical (unpaired) electrons. The molecule has 5 rings (SSSR count). The van der Waals surface area contributed by atoms with Gasteiger partial charge in [0.15, 0.2) is 0 Å². The summed E-state index contributed by atoms with van der Waals surface area (Å²) in [6.07, 6.45) is 2.31. The van der Waals surface area contributed by atoms with E-state index >= 15 is 0 Å². The third kappa shape index (κ3) is 3.65. The molecule has 4 heteroatoms. The summed E-state index contributed by atoms with van der Waals surface area (Å²) in [6.45, 7) is 3.19. The Bertz CT molecular complexity index is 655. The van der Waals surface area contributed by atoms with Gasteiger partial charge in [0, 0.05) is 17.2 Å². The number of aliphatic hydroxyl groups is 1. The van der Waals surface area contributed by atoms with Crippen LogP contribution >= 0.6 is 24.2 Å². The van der Waals surface area contributed by atoms with Crippen LogP contribution < -0.4 is 0 Å². The van der Waals surface area contributed by atoms with Crippen molar-refractivity contribution in [1.29, 1.82) is 0 Å². The molecule has 24 heavy (non-hydrogen) atoms. The number of nitrogens with zero attached hydrogens (tertiary/aromatic N) is 1. The number of fused-ring (bicyclic) bond motifs is 3. The number of piperidine rings is 3. The van der Waals surface area contributed by atoms with Gasteiger partial charge >= 0.3 is 0 Å². The molecule has 3 aliphatic rings. The van der Waals surface area contributed by atoms with Gasteiger partial charge in [0.05, 0.1) is 5.60 Å². The molecule has 0 saturated carbocycles. The molecule has 3 saturated heterocycles. The minimum atomic E-state index is -0.501. The zero-order valence-corrected chi connectivity index (χ0v) is 15.4. The molecule has 1 N–H and O–H groups in total. The number of halogens is 1. The van der Waals surface area contributed by atoms with Gasteiger partial charge in [-0.3, -0.25) is 0 Å². The fraction of sp³-hybridized carbons (Fsp3) is 0.400. The van der Waals surface area contributed by atoms with Gasteiger partial charge in [-0.1, -0.05) is 42.5 Å². The summed E-state index contributed by atoms with van der Waals surface area (Å²) >= 11 is 1.79. The van der Waals surface area contributed by atoms with Gasteiger partial charge in [0.25, 0.3) is 0 Å². The minimum Gasteiger partial charge on any atom is -0.387 e. The summed E-state index contributed by atoms with van der Waals surface area (Å²) in [5.74, 6) is 1.29. The predicted molar refractivity (Wildman–Crippen MR) is 104 cm³/mol. The molecular weight excluding hydrogens is 338 g/mol. The van der Waals surface area contributed by atoms with Crippen molar-refractivity contribution in [3.8, 4) is 11.1 Å². The van der Waals surface area contributed by atoms with Crippen molar-refractivity contribution in [1.82, 2.24) is 4.90 Å². The normalized spacial score (nSPS) is 28.4. The van der Waals surface area contributed by atoms with Crippen LogP contribution in [0.25, 0.3) is 11.1 Å². The van der Waals surface area contributed by atoms with E-state index in [1.165, 1.54) is 29.1 Å². The largest absolute Gasteiger partial charge is 0.387 e. The van der Waals surface area contributed by atoms with Crippen molar-refractivity contribution < 1.29 is 5.11 Å². The SMILES string of the molecule is Cl.OC1(CSc2ccc(-c3ccccc3)cc2)CN2CCC1CC2. The molecule has 3 fully saturated rings. The molecular formula is C20H24ClNOS. The monoisotopic (exact) mass is 361 g/mol. The van der Waals surface area contributed by atoms with E-state index in [4.69, 9.17) is 0 Å². The van der Waals surface area contributed by atoms with E-state index in [-0.39, 0.29) is 12.4 Å². The lowest BCUT2D eigenvalue weighted by Gasteiger charge is -2.50.